The molecule has 0 saturated carbocycles. The number of nitrogens with zero attached hydrogens (tertiary/aromatic N) is 1. The number of hydrogen-bond acceptors (Lipinski definition) is 5. The Morgan fingerprint density at radius 2 is 2.26 bits per heavy atom. The van der Waals surface area contributed by atoms with E-state index in [1.807, 2.05) is 12.3 Å². The van der Waals surface area contributed by atoms with E-state index in [-0.39, 0.29) is 11.7 Å². The highest BCUT2D eigenvalue weighted by molar-refractivity contribution is 7.15. The number of ether oxygens (including phenoxy) is 2. The Morgan fingerprint density at radius 1 is 1.43 bits per heavy atom. The molecule has 1 fully saturated rings. The Labute approximate surface area is 138 Å². The summed E-state index contributed by atoms with van der Waals surface area (Å²) in [6.45, 7) is 5.45. The first-order valence-electron chi connectivity index (χ1n) is 7.62. The molecular weight excluding hydrogens is 314 g/mol. The SMILES string of the molecule is CC(C)c1cnc(-c2cc(O[C@H]3CCOC3)cc(C(=O)O)c2)s1. The zero-order valence-corrected chi connectivity index (χ0v) is 13.9. The molecule has 0 bridgehead atoms. The number of aromatic carboxylic acids is 1. The van der Waals surface area contributed by atoms with Gasteiger partial charge < -0.3 is 14.6 Å². The molecule has 1 aliphatic rings. The highest BCUT2D eigenvalue weighted by Crippen LogP contribution is 2.33. The quantitative estimate of drug-likeness (QED) is 0.901. The van der Waals surface area contributed by atoms with Crippen molar-refractivity contribution in [3.63, 3.8) is 0 Å². The molecule has 1 aliphatic heterocycles. The maximum absolute atomic E-state index is 11.4. The summed E-state index contributed by atoms with van der Waals surface area (Å²) >= 11 is 1.58. The van der Waals surface area contributed by atoms with Gasteiger partial charge in [-0.05, 0) is 24.1 Å². The summed E-state index contributed by atoms with van der Waals surface area (Å²) in [5.41, 5.74) is 0.980. The third-order valence-electron chi connectivity index (χ3n) is 3.68. The van der Waals surface area contributed by atoms with E-state index in [1.165, 1.54) is 4.88 Å². The van der Waals surface area contributed by atoms with Gasteiger partial charge >= 0.3 is 5.97 Å². The number of carbonyl (C=O) groups is 1. The highest BCUT2D eigenvalue weighted by Gasteiger charge is 2.19. The van der Waals surface area contributed by atoms with Crippen LogP contribution in [0.3, 0.4) is 0 Å². The lowest BCUT2D eigenvalue weighted by molar-refractivity contribution is 0.0696. The van der Waals surface area contributed by atoms with Gasteiger partial charge in [0.25, 0.3) is 0 Å². The normalized spacial score (nSPS) is 17.6. The van der Waals surface area contributed by atoms with Gasteiger partial charge in [-0.25, -0.2) is 9.78 Å². The van der Waals surface area contributed by atoms with E-state index >= 15 is 0 Å². The summed E-state index contributed by atoms with van der Waals surface area (Å²) in [5.74, 6) is -0.0213. The Morgan fingerprint density at radius 3 is 2.87 bits per heavy atom. The lowest BCUT2D eigenvalue weighted by Crippen LogP contribution is -2.16. The molecule has 23 heavy (non-hydrogen) atoms. The molecule has 2 aromatic rings. The molecule has 0 amide bonds. The average molecular weight is 333 g/mol. The summed E-state index contributed by atoms with van der Waals surface area (Å²) in [5, 5.41) is 10.1. The first-order chi connectivity index (χ1) is 11.0. The van der Waals surface area contributed by atoms with Crippen molar-refractivity contribution >= 4 is 17.3 Å². The minimum atomic E-state index is -0.972. The predicted molar refractivity (Wildman–Crippen MR) is 88.5 cm³/mol. The molecule has 0 radical (unpaired) electrons. The third-order valence-corrected chi connectivity index (χ3v) is 5.03. The molecule has 1 aromatic carbocycles. The molecule has 6 heteroatoms. The first-order valence-corrected chi connectivity index (χ1v) is 8.43. The molecule has 1 N–H and O–H groups in total. The second kappa shape index (κ2) is 6.68. The minimum absolute atomic E-state index is 0.0191. The van der Waals surface area contributed by atoms with E-state index < -0.39 is 5.97 Å². The largest absolute Gasteiger partial charge is 0.488 e. The van der Waals surface area contributed by atoms with E-state index in [1.54, 1.807) is 23.5 Å². The topological polar surface area (TPSA) is 68.7 Å². The van der Waals surface area contributed by atoms with Crippen molar-refractivity contribution in [2.75, 3.05) is 13.2 Å². The first kappa shape index (κ1) is 16.0. The zero-order valence-electron chi connectivity index (χ0n) is 13.1. The number of carboxylic acids is 1. The molecule has 0 spiro atoms. The highest BCUT2D eigenvalue weighted by atomic mass is 32.1. The van der Waals surface area contributed by atoms with E-state index in [2.05, 4.69) is 18.8 Å². The van der Waals surface area contributed by atoms with Gasteiger partial charge in [-0.2, -0.15) is 0 Å². The van der Waals surface area contributed by atoms with Crippen molar-refractivity contribution in [2.24, 2.45) is 0 Å². The van der Waals surface area contributed by atoms with Crippen LogP contribution in [0.1, 0.15) is 41.4 Å². The van der Waals surface area contributed by atoms with Gasteiger partial charge in [0, 0.05) is 23.1 Å². The van der Waals surface area contributed by atoms with Crippen LogP contribution in [0.5, 0.6) is 5.75 Å². The summed E-state index contributed by atoms with van der Waals surface area (Å²) in [4.78, 5) is 17.0. The Balaban J connectivity index is 1.94. The summed E-state index contributed by atoms with van der Waals surface area (Å²) in [6.07, 6.45) is 2.65. The number of rotatable bonds is 5. The lowest BCUT2D eigenvalue weighted by Gasteiger charge is -2.13. The summed E-state index contributed by atoms with van der Waals surface area (Å²) in [7, 11) is 0. The number of hydrogen-bond donors (Lipinski definition) is 1. The van der Waals surface area contributed by atoms with Gasteiger partial charge in [-0.3, -0.25) is 0 Å². The molecule has 2 heterocycles. The Bertz CT molecular complexity index is 704. The van der Waals surface area contributed by atoms with E-state index in [9.17, 15) is 9.90 Å². The fourth-order valence-corrected chi connectivity index (χ4v) is 3.30. The molecule has 1 atom stereocenters. The van der Waals surface area contributed by atoms with Gasteiger partial charge in [0.2, 0.25) is 0 Å². The van der Waals surface area contributed by atoms with Crippen molar-refractivity contribution in [3.05, 3.63) is 34.8 Å². The molecular formula is C17H19NO4S. The average Bonchev–Trinajstić information content (AvgIpc) is 3.18. The van der Waals surface area contributed by atoms with Gasteiger partial charge in [-0.15, -0.1) is 11.3 Å². The second-order valence-corrected chi connectivity index (χ2v) is 6.94. The van der Waals surface area contributed by atoms with Crippen LogP contribution in [0.2, 0.25) is 0 Å². The van der Waals surface area contributed by atoms with Crippen molar-refractivity contribution < 1.29 is 19.4 Å². The maximum atomic E-state index is 11.4. The Kier molecular flexibility index (Phi) is 4.63. The lowest BCUT2D eigenvalue weighted by atomic mass is 10.1. The van der Waals surface area contributed by atoms with Crippen LogP contribution in [-0.4, -0.2) is 35.4 Å². The monoisotopic (exact) mass is 333 g/mol. The summed E-state index contributed by atoms with van der Waals surface area (Å²) < 4.78 is 11.2. The molecule has 5 nitrogen and oxygen atoms in total. The van der Waals surface area contributed by atoms with Crippen molar-refractivity contribution in [2.45, 2.75) is 32.3 Å². The van der Waals surface area contributed by atoms with Crippen molar-refractivity contribution in [1.82, 2.24) is 4.98 Å². The minimum Gasteiger partial charge on any atom is -0.488 e. The van der Waals surface area contributed by atoms with E-state index in [0.717, 1.165) is 17.0 Å². The number of aromatic nitrogens is 1. The fraction of sp³-hybridized carbons (Fsp3) is 0.412. The van der Waals surface area contributed by atoms with Crippen LogP contribution in [0.15, 0.2) is 24.4 Å². The van der Waals surface area contributed by atoms with Gasteiger partial charge in [0.05, 0.1) is 18.8 Å². The molecule has 0 unspecified atom stereocenters. The number of benzene rings is 1. The third kappa shape index (κ3) is 3.71. The molecule has 0 aliphatic carbocycles. The molecule has 3 rings (SSSR count). The molecule has 1 saturated heterocycles. The van der Waals surface area contributed by atoms with Crippen LogP contribution in [0.25, 0.3) is 10.6 Å². The van der Waals surface area contributed by atoms with Crippen LogP contribution >= 0.6 is 11.3 Å². The number of thiazole rings is 1. The second-order valence-electron chi connectivity index (χ2n) is 5.88. The van der Waals surface area contributed by atoms with Crippen molar-refractivity contribution in [3.8, 4) is 16.3 Å². The Hall–Kier alpha value is -1.92. The van der Waals surface area contributed by atoms with Gasteiger partial charge in [0.1, 0.15) is 16.9 Å². The predicted octanol–water partition coefficient (Wildman–Crippen LogP) is 3.80. The summed E-state index contributed by atoms with van der Waals surface area (Å²) in [6, 6.07) is 5.05. The molecule has 1 aromatic heterocycles. The smallest absolute Gasteiger partial charge is 0.335 e. The van der Waals surface area contributed by atoms with Crippen LogP contribution in [-0.2, 0) is 4.74 Å². The van der Waals surface area contributed by atoms with Crippen LogP contribution in [0, 0.1) is 0 Å². The maximum Gasteiger partial charge on any atom is 0.335 e. The van der Waals surface area contributed by atoms with Crippen LogP contribution in [0.4, 0.5) is 0 Å². The van der Waals surface area contributed by atoms with Crippen LogP contribution < -0.4 is 4.74 Å². The molecule has 122 valence electrons. The fourth-order valence-electron chi connectivity index (χ4n) is 2.40. The van der Waals surface area contributed by atoms with E-state index in [0.29, 0.717) is 24.9 Å². The van der Waals surface area contributed by atoms with Gasteiger partial charge in [0.15, 0.2) is 0 Å². The standard InChI is InChI=1S/C17H19NO4S/c1-10(2)15-8-18-16(23-15)11-5-12(17(19)20)7-14(6-11)22-13-3-4-21-9-13/h5-8,10,13H,3-4,9H2,1-2H3,(H,19,20)/t13-/m0/s1. The zero-order chi connectivity index (χ0) is 16.4. The number of carboxylic acid groups (broad SMARTS) is 1. The van der Waals surface area contributed by atoms with E-state index in [4.69, 9.17) is 9.47 Å². The van der Waals surface area contributed by atoms with Gasteiger partial charge in [-0.1, -0.05) is 13.8 Å². The van der Waals surface area contributed by atoms with Crippen molar-refractivity contribution in [1.29, 1.82) is 0 Å².